The van der Waals surface area contributed by atoms with Crippen LogP contribution in [0.15, 0.2) is 12.7 Å². The fraction of sp³-hybridized carbons (Fsp3) is 0.778. The van der Waals surface area contributed by atoms with Crippen molar-refractivity contribution >= 4 is 77.4 Å². The maximum atomic E-state index is 12.2. The van der Waals surface area contributed by atoms with Gasteiger partial charge in [-0.05, 0) is 39.7 Å². The molecule has 0 aromatic heterocycles. The maximum absolute atomic E-state index is 12.2. The standard InChI is InChI=1S/C6H30O8Si9.C3H6/c1-11-21(5,6)22(13-16-7,14-20(3,4)19(2)10)23(12-15,17-8)18-9;1-3-2/h7-9H,16-18H2,1-6,15H3;3H,1H2,2H3. The smallest absolute Gasteiger partial charge is 0.339 e. The second-order valence-corrected chi connectivity index (χ2v) is 55.5. The minimum atomic E-state index is -3.31. The minimum Gasteiger partial charge on any atom is -0.463 e. The average Bonchev–Trinajstić information content (AvgIpc) is 2.57. The molecule has 0 fully saturated rings. The molecule has 1 atom stereocenters. The van der Waals surface area contributed by atoms with Crippen LogP contribution in [0.3, 0.4) is 0 Å². The summed E-state index contributed by atoms with van der Waals surface area (Å²) in [5.41, 5.74) is 0. The lowest BCUT2D eigenvalue weighted by Crippen LogP contribution is -2.87. The van der Waals surface area contributed by atoms with Crippen LogP contribution in [-0.4, -0.2) is 98.9 Å². The maximum Gasteiger partial charge on any atom is 0.339 e. The first-order chi connectivity index (χ1) is 11.9. The second kappa shape index (κ2) is 12.7. The number of rotatable bonds is 11. The van der Waals surface area contributed by atoms with Crippen LogP contribution in [0.1, 0.15) is 6.92 Å². The van der Waals surface area contributed by atoms with Crippen molar-refractivity contribution in [2.24, 2.45) is 0 Å². The fourth-order valence-electron chi connectivity index (χ4n) is 2.28. The van der Waals surface area contributed by atoms with E-state index in [9.17, 15) is 18.8 Å². The van der Waals surface area contributed by atoms with Gasteiger partial charge in [-0.1, -0.05) is 6.08 Å². The van der Waals surface area contributed by atoms with E-state index in [0.29, 0.717) is 10.5 Å². The van der Waals surface area contributed by atoms with Crippen LogP contribution < -0.4 is 0 Å². The van der Waals surface area contributed by atoms with E-state index in [-0.39, 0.29) is 0 Å². The van der Waals surface area contributed by atoms with Crippen LogP contribution in [0, 0.1) is 0 Å². The molecule has 0 spiro atoms. The third-order valence-corrected chi connectivity index (χ3v) is 79.9. The monoisotopic (exact) mass is 524 g/mol. The molecule has 0 aromatic rings. The summed E-state index contributed by atoms with van der Waals surface area (Å²) in [5.74, 6) is 0. The van der Waals surface area contributed by atoms with Crippen molar-refractivity contribution in [1.82, 2.24) is 0 Å². The zero-order valence-electron chi connectivity index (χ0n) is 17.3. The normalized spacial score (nSPS) is 18.2. The van der Waals surface area contributed by atoms with Crippen LogP contribution in [0.25, 0.3) is 0 Å². The average molecular weight is 525 g/mol. The zero-order valence-corrected chi connectivity index (χ0v) is 28.5. The first kappa shape index (κ1) is 29.4. The molecule has 0 amide bonds. The van der Waals surface area contributed by atoms with Gasteiger partial charge in [-0.3, -0.25) is 0 Å². The van der Waals surface area contributed by atoms with Crippen molar-refractivity contribution in [3.63, 3.8) is 0 Å². The molecule has 0 bridgehead atoms. The van der Waals surface area contributed by atoms with Crippen LogP contribution in [0.2, 0.25) is 32.7 Å². The number of allylic oxidation sites excluding steroid dienone is 1. The molecule has 0 heterocycles. The Bertz CT molecular complexity index is 439. The molecule has 0 aliphatic rings. The van der Waals surface area contributed by atoms with Crippen molar-refractivity contribution in [2.75, 3.05) is 7.11 Å². The largest absolute Gasteiger partial charge is 0.463 e. The molecule has 1 unspecified atom stereocenters. The summed E-state index contributed by atoms with van der Waals surface area (Å²) in [6.07, 6.45) is 1.75. The van der Waals surface area contributed by atoms with Gasteiger partial charge in [0.15, 0.2) is 18.6 Å². The molecule has 26 heavy (non-hydrogen) atoms. The molecule has 3 N–H and O–H groups in total. The molecule has 0 saturated carbocycles. The van der Waals surface area contributed by atoms with Gasteiger partial charge in [-0.2, -0.15) is 0 Å². The van der Waals surface area contributed by atoms with E-state index in [4.69, 9.17) is 16.8 Å². The zero-order chi connectivity index (χ0) is 21.2. The fourth-order valence-corrected chi connectivity index (χ4v) is 100. The van der Waals surface area contributed by atoms with Crippen molar-refractivity contribution in [2.45, 2.75) is 39.7 Å². The topological polar surface area (TPSA) is 115 Å². The minimum absolute atomic E-state index is 0.359. The molecular formula is C9H36O8Si9. The summed E-state index contributed by atoms with van der Waals surface area (Å²) in [4.78, 5) is 30.1. The third kappa shape index (κ3) is 6.63. The number of hydrogen-bond acceptors (Lipinski definition) is 8. The van der Waals surface area contributed by atoms with Gasteiger partial charge in [-0.15, -0.1) is 6.58 Å². The lowest BCUT2D eigenvalue weighted by Gasteiger charge is -2.51. The van der Waals surface area contributed by atoms with Gasteiger partial charge in [0.1, 0.15) is 10.5 Å². The first-order valence-corrected chi connectivity index (χ1v) is 30.6. The van der Waals surface area contributed by atoms with E-state index in [1.807, 2.05) is 33.1 Å². The molecule has 0 aliphatic carbocycles. The van der Waals surface area contributed by atoms with Crippen molar-refractivity contribution in [1.29, 1.82) is 0 Å². The van der Waals surface area contributed by atoms with Gasteiger partial charge in [-0.25, -0.2) is 0 Å². The van der Waals surface area contributed by atoms with Crippen LogP contribution in [-0.2, 0) is 21.2 Å². The van der Waals surface area contributed by atoms with Gasteiger partial charge in [0.2, 0.25) is 15.7 Å². The lowest BCUT2D eigenvalue weighted by molar-refractivity contribution is 0.353. The highest BCUT2D eigenvalue weighted by molar-refractivity contribution is 7.85. The molecule has 156 valence electrons. The Morgan fingerprint density at radius 1 is 1.15 bits per heavy atom. The van der Waals surface area contributed by atoms with Gasteiger partial charge in [0, 0.05) is 7.11 Å². The molecule has 0 radical (unpaired) electrons. The van der Waals surface area contributed by atoms with Crippen LogP contribution in [0.5, 0.6) is 0 Å². The van der Waals surface area contributed by atoms with Crippen molar-refractivity contribution in [3.05, 3.63) is 12.7 Å². The van der Waals surface area contributed by atoms with Gasteiger partial charge < -0.3 is 35.6 Å². The van der Waals surface area contributed by atoms with Crippen LogP contribution >= 0.6 is 0 Å². The molecule has 17 heteroatoms. The number of hydrogen-bond donors (Lipinski definition) is 3. The molecular weight excluding hydrogens is 489 g/mol. The lowest BCUT2D eigenvalue weighted by atomic mass is 10.8. The third-order valence-electron chi connectivity index (χ3n) is 4.32. The summed E-state index contributed by atoms with van der Waals surface area (Å²) in [6, 6.07) is 0. The summed E-state index contributed by atoms with van der Waals surface area (Å²) < 4.78 is 36.4. The van der Waals surface area contributed by atoms with Gasteiger partial charge in [0.05, 0.1) is 0 Å². The predicted molar refractivity (Wildman–Crippen MR) is 127 cm³/mol. The molecule has 0 aliphatic heterocycles. The Hall–Kier alpha value is 1.21. The highest BCUT2D eigenvalue weighted by atomic mass is 30.0. The Morgan fingerprint density at radius 2 is 1.58 bits per heavy atom. The van der Waals surface area contributed by atoms with Crippen LogP contribution in [0.4, 0.5) is 0 Å². The van der Waals surface area contributed by atoms with E-state index in [1.54, 1.807) is 19.7 Å². The second-order valence-electron chi connectivity index (χ2n) is 6.70. The Labute approximate surface area is 172 Å². The Morgan fingerprint density at radius 3 is 1.81 bits per heavy atom. The summed E-state index contributed by atoms with van der Waals surface area (Å²) in [5, 5.41) is 0. The highest BCUT2D eigenvalue weighted by Crippen LogP contribution is 2.33. The summed E-state index contributed by atoms with van der Waals surface area (Å²) in [6.45, 7) is 11.5. The first-order valence-electron chi connectivity index (χ1n) is 8.22. The van der Waals surface area contributed by atoms with E-state index in [2.05, 4.69) is 6.58 Å². The van der Waals surface area contributed by atoms with Gasteiger partial charge >= 0.3 is 7.60 Å². The summed E-state index contributed by atoms with van der Waals surface area (Å²) in [7, 11) is -13.9. The molecule has 0 aromatic carbocycles. The van der Waals surface area contributed by atoms with E-state index < -0.39 is 66.9 Å². The molecule has 0 saturated heterocycles. The summed E-state index contributed by atoms with van der Waals surface area (Å²) >= 11 is 0. The SMILES string of the molecule is C=CC.CO[Si](C)(C)[Si](O[SiH2]O)(O[Si](C)(C)[Si](C)=O)[Si](O[SiH3])([SiH2]O)[SiH2]O. The molecule has 8 nitrogen and oxygen atoms in total. The quantitative estimate of drug-likeness (QED) is 0.187. The van der Waals surface area contributed by atoms with Gasteiger partial charge in [0.25, 0.3) is 25.1 Å². The Kier molecular flexibility index (Phi) is 14.4. The van der Waals surface area contributed by atoms with E-state index in [1.165, 1.54) is 0 Å². The van der Waals surface area contributed by atoms with E-state index >= 15 is 0 Å². The van der Waals surface area contributed by atoms with Crippen molar-refractivity contribution in [3.8, 4) is 0 Å². The van der Waals surface area contributed by atoms with Crippen molar-refractivity contribution < 1.29 is 35.6 Å². The molecule has 0 rings (SSSR count). The van der Waals surface area contributed by atoms with E-state index in [0.717, 1.165) is 0 Å². The predicted octanol–water partition coefficient (Wildman–Crippen LogP) is -3.62. The Balaban J connectivity index is 0. The highest BCUT2D eigenvalue weighted by Gasteiger charge is 2.72.